The number of hydroxylamine groups is 2. The van der Waals surface area contributed by atoms with Crippen molar-refractivity contribution in [3.63, 3.8) is 0 Å². The van der Waals surface area contributed by atoms with Gasteiger partial charge >= 0.3 is 0 Å². The third kappa shape index (κ3) is 5.21. The molecule has 3 unspecified atom stereocenters. The summed E-state index contributed by atoms with van der Waals surface area (Å²) in [5, 5.41) is 1.48. The van der Waals surface area contributed by atoms with E-state index in [0.717, 1.165) is 38.9 Å². The number of ether oxygens (including phenoxy) is 2. The van der Waals surface area contributed by atoms with Crippen molar-refractivity contribution in [2.45, 2.75) is 64.6 Å². The first-order valence-electron chi connectivity index (χ1n) is 8.68. The van der Waals surface area contributed by atoms with Gasteiger partial charge in [0.25, 0.3) is 5.91 Å². The highest BCUT2D eigenvalue weighted by Gasteiger charge is 2.29. The Labute approximate surface area is 134 Å². The van der Waals surface area contributed by atoms with E-state index in [2.05, 4.69) is 6.92 Å². The van der Waals surface area contributed by atoms with Crippen LogP contribution < -0.4 is 0 Å². The minimum absolute atomic E-state index is 0.0628. The molecule has 5 nitrogen and oxygen atoms in total. The summed E-state index contributed by atoms with van der Waals surface area (Å²) >= 11 is 0. The van der Waals surface area contributed by atoms with E-state index in [1.54, 1.807) is 7.11 Å². The lowest BCUT2D eigenvalue weighted by atomic mass is 9.88. The number of carbonyl (C=O) groups excluding carboxylic acids is 1. The fourth-order valence-electron chi connectivity index (χ4n) is 3.47. The number of carbonyl (C=O) groups is 1. The Bertz CT molecular complexity index is 344. The summed E-state index contributed by atoms with van der Waals surface area (Å²) in [5.74, 6) is 1.09. The first kappa shape index (κ1) is 17.7. The van der Waals surface area contributed by atoms with Crippen molar-refractivity contribution in [3.8, 4) is 0 Å². The van der Waals surface area contributed by atoms with E-state index in [9.17, 15) is 4.79 Å². The Morgan fingerprint density at radius 2 is 2.00 bits per heavy atom. The van der Waals surface area contributed by atoms with Gasteiger partial charge in [0.15, 0.2) is 0 Å². The molecule has 128 valence electrons. The van der Waals surface area contributed by atoms with Crippen molar-refractivity contribution >= 4 is 5.91 Å². The van der Waals surface area contributed by atoms with Crippen LogP contribution in [0.25, 0.3) is 0 Å². The first-order valence-corrected chi connectivity index (χ1v) is 8.68. The van der Waals surface area contributed by atoms with Gasteiger partial charge in [-0.2, -0.15) is 0 Å². The quantitative estimate of drug-likeness (QED) is 0.708. The average Bonchev–Trinajstić information content (AvgIpc) is 2.53. The number of hydrogen-bond donors (Lipinski definition) is 0. The molecule has 1 amide bonds. The molecular formula is C17H31NO4. The zero-order chi connectivity index (χ0) is 15.9. The normalized spacial score (nSPS) is 28.3. The molecule has 1 heterocycles. The van der Waals surface area contributed by atoms with Gasteiger partial charge in [0.2, 0.25) is 0 Å². The second kappa shape index (κ2) is 8.85. The maximum Gasteiger partial charge on any atom is 0.274 e. The minimum atomic E-state index is -0.435. The van der Waals surface area contributed by atoms with Gasteiger partial charge in [-0.1, -0.05) is 19.8 Å². The van der Waals surface area contributed by atoms with Crippen LogP contribution in [0.2, 0.25) is 0 Å². The van der Waals surface area contributed by atoms with E-state index in [1.807, 2.05) is 6.92 Å². The van der Waals surface area contributed by atoms with Crippen molar-refractivity contribution in [3.05, 3.63) is 0 Å². The molecule has 2 fully saturated rings. The number of nitrogens with zero attached hydrogens (tertiary/aromatic N) is 1. The largest absolute Gasteiger partial charge is 0.381 e. The molecule has 3 atom stereocenters. The van der Waals surface area contributed by atoms with Gasteiger partial charge in [0, 0.05) is 13.2 Å². The lowest BCUT2D eigenvalue weighted by Crippen LogP contribution is -2.43. The molecule has 2 rings (SSSR count). The second-order valence-electron chi connectivity index (χ2n) is 6.81. The van der Waals surface area contributed by atoms with Crippen molar-refractivity contribution in [2.75, 3.05) is 26.9 Å². The summed E-state index contributed by atoms with van der Waals surface area (Å²) in [7, 11) is 1.56. The highest BCUT2D eigenvalue weighted by atomic mass is 16.7. The van der Waals surface area contributed by atoms with Crippen LogP contribution in [0.15, 0.2) is 0 Å². The fourth-order valence-corrected chi connectivity index (χ4v) is 3.47. The molecule has 2 aliphatic rings. The molecule has 0 aromatic rings. The predicted molar refractivity (Wildman–Crippen MR) is 84.2 cm³/mol. The Morgan fingerprint density at radius 1 is 1.27 bits per heavy atom. The van der Waals surface area contributed by atoms with Gasteiger partial charge in [-0.15, -0.1) is 0 Å². The summed E-state index contributed by atoms with van der Waals surface area (Å²) in [5.41, 5.74) is 0. The Hall–Kier alpha value is -0.650. The Balaban J connectivity index is 1.81. The first-order chi connectivity index (χ1) is 10.6. The Morgan fingerprint density at radius 3 is 2.64 bits per heavy atom. The van der Waals surface area contributed by atoms with Crippen molar-refractivity contribution < 1.29 is 19.1 Å². The van der Waals surface area contributed by atoms with Crippen molar-refractivity contribution in [2.24, 2.45) is 11.8 Å². The maximum absolute atomic E-state index is 12.5. The van der Waals surface area contributed by atoms with Gasteiger partial charge < -0.3 is 9.47 Å². The Kier molecular flexibility index (Phi) is 7.12. The molecule has 1 aliphatic carbocycles. The molecule has 5 heteroatoms. The second-order valence-corrected chi connectivity index (χ2v) is 6.81. The van der Waals surface area contributed by atoms with E-state index in [0.29, 0.717) is 18.4 Å². The van der Waals surface area contributed by atoms with Crippen LogP contribution >= 0.6 is 0 Å². The molecule has 1 saturated carbocycles. The van der Waals surface area contributed by atoms with E-state index in [-0.39, 0.29) is 12.0 Å². The molecule has 0 bridgehead atoms. The van der Waals surface area contributed by atoms with Gasteiger partial charge in [0.05, 0.1) is 19.8 Å². The fraction of sp³-hybridized carbons (Fsp3) is 0.941. The van der Waals surface area contributed by atoms with E-state index in [4.69, 9.17) is 14.3 Å². The van der Waals surface area contributed by atoms with Crippen LogP contribution in [0.3, 0.4) is 0 Å². The molecule has 0 spiro atoms. The van der Waals surface area contributed by atoms with Crippen LogP contribution in [0.1, 0.15) is 52.4 Å². The molecule has 0 radical (unpaired) electrons. The van der Waals surface area contributed by atoms with Crippen LogP contribution in [0.5, 0.6) is 0 Å². The van der Waals surface area contributed by atoms with Crippen LogP contribution in [-0.2, 0) is 19.1 Å². The molecule has 0 N–H and O–H groups in total. The van der Waals surface area contributed by atoms with Crippen LogP contribution in [-0.4, -0.2) is 50.0 Å². The standard InChI is InChI=1S/C17H31NO4/c1-13-5-4-6-16(11-13)22-14(2)17(19)18(20-3)12-15-7-9-21-10-8-15/h13-16H,4-12H2,1-3H3. The molecule has 0 aromatic heterocycles. The zero-order valence-corrected chi connectivity index (χ0v) is 14.3. The third-order valence-corrected chi connectivity index (χ3v) is 4.86. The summed E-state index contributed by atoms with van der Waals surface area (Å²) in [4.78, 5) is 17.9. The monoisotopic (exact) mass is 313 g/mol. The summed E-state index contributed by atoms with van der Waals surface area (Å²) in [6.07, 6.45) is 6.35. The molecular weight excluding hydrogens is 282 g/mol. The third-order valence-electron chi connectivity index (χ3n) is 4.86. The van der Waals surface area contributed by atoms with Crippen LogP contribution in [0, 0.1) is 11.8 Å². The molecule has 1 saturated heterocycles. The molecule has 22 heavy (non-hydrogen) atoms. The van der Waals surface area contributed by atoms with E-state index in [1.165, 1.54) is 17.9 Å². The van der Waals surface area contributed by atoms with E-state index >= 15 is 0 Å². The SMILES string of the molecule is CON(CC1CCOCC1)C(=O)C(C)OC1CCCC(C)C1. The number of hydrogen-bond acceptors (Lipinski definition) is 4. The highest BCUT2D eigenvalue weighted by Crippen LogP contribution is 2.27. The lowest BCUT2D eigenvalue weighted by molar-refractivity contribution is -0.195. The summed E-state index contributed by atoms with van der Waals surface area (Å²) in [6, 6.07) is 0. The number of rotatable bonds is 6. The highest BCUT2D eigenvalue weighted by molar-refractivity contribution is 5.79. The number of amides is 1. The smallest absolute Gasteiger partial charge is 0.274 e. The molecule has 0 aromatic carbocycles. The molecule has 1 aliphatic heterocycles. The van der Waals surface area contributed by atoms with Gasteiger partial charge in [0.1, 0.15) is 6.10 Å². The predicted octanol–water partition coefficient (Wildman–Crippen LogP) is 2.79. The minimum Gasteiger partial charge on any atom is -0.381 e. The van der Waals surface area contributed by atoms with Crippen molar-refractivity contribution in [1.82, 2.24) is 5.06 Å². The van der Waals surface area contributed by atoms with Crippen LogP contribution in [0.4, 0.5) is 0 Å². The van der Waals surface area contributed by atoms with E-state index < -0.39 is 6.10 Å². The topological polar surface area (TPSA) is 48.0 Å². The van der Waals surface area contributed by atoms with Gasteiger partial charge in [-0.3, -0.25) is 9.63 Å². The maximum atomic E-state index is 12.5. The van der Waals surface area contributed by atoms with Gasteiger partial charge in [-0.05, 0) is 44.4 Å². The summed E-state index contributed by atoms with van der Waals surface area (Å²) in [6.45, 7) is 6.30. The lowest BCUT2D eigenvalue weighted by Gasteiger charge is -2.32. The summed E-state index contributed by atoms with van der Waals surface area (Å²) < 4.78 is 11.4. The average molecular weight is 313 g/mol. The van der Waals surface area contributed by atoms with Crippen molar-refractivity contribution in [1.29, 1.82) is 0 Å². The van der Waals surface area contributed by atoms with Gasteiger partial charge in [-0.25, -0.2) is 5.06 Å². The zero-order valence-electron chi connectivity index (χ0n) is 14.3.